The fraction of sp³-hybridized carbons (Fsp3) is 0.462. The maximum atomic E-state index is 10.6. The Balaban J connectivity index is 0.000000325. The number of benzene rings is 1. The van der Waals surface area contributed by atoms with Crippen molar-refractivity contribution in [3.63, 3.8) is 0 Å². The Morgan fingerprint density at radius 1 is 1.25 bits per heavy atom. The normalized spacial score (nSPS) is 9.19. The van der Waals surface area contributed by atoms with Crippen molar-refractivity contribution in [1.29, 1.82) is 0 Å². The van der Waals surface area contributed by atoms with Crippen molar-refractivity contribution in [3.05, 3.63) is 35.9 Å². The highest BCUT2D eigenvalue weighted by molar-refractivity contribution is 5.78. The zero-order valence-corrected chi connectivity index (χ0v) is 9.86. The molecule has 0 spiro atoms. The monoisotopic (exact) mass is 223 g/mol. The molecule has 0 saturated heterocycles. The molecule has 0 fully saturated rings. The van der Waals surface area contributed by atoms with Crippen LogP contribution in [0.25, 0.3) is 0 Å². The summed E-state index contributed by atoms with van der Waals surface area (Å²) in [5.41, 5.74) is 6.20. The van der Waals surface area contributed by atoms with E-state index in [1.807, 2.05) is 30.3 Å². The average molecular weight is 223 g/mol. The van der Waals surface area contributed by atoms with Crippen LogP contribution in [0.15, 0.2) is 30.3 Å². The lowest BCUT2D eigenvalue weighted by molar-refractivity contribution is -0.116. The van der Waals surface area contributed by atoms with Gasteiger partial charge in [0.2, 0.25) is 0 Å². The van der Waals surface area contributed by atoms with Crippen molar-refractivity contribution in [2.45, 2.75) is 26.2 Å². The first kappa shape index (κ1) is 14.8. The number of carbonyl (C=O) groups is 1. The molecule has 3 nitrogen and oxygen atoms in total. The third kappa shape index (κ3) is 9.37. The molecule has 0 bridgehead atoms. The van der Waals surface area contributed by atoms with Gasteiger partial charge in [-0.2, -0.15) is 0 Å². The number of hydrogen-bond acceptors (Lipinski definition) is 3. The molecular formula is C13H21NO2. The Morgan fingerprint density at radius 3 is 2.25 bits per heavy atom. The fourth-order valence-electron chi connectivity index (χ4n) is 1.14. The van der Waals surface area contributed by atoms with E-state index in [4.69, 9.17) is 10.8 Å². The summed E-state index contributed by atoms with van der Waals surface area (Å²) >= 11 is 0. The topological polar surface area (TPSA) is 63.3 Å². The third-order valence-electron chi connectivity index (χ3n) is 1.91. The molecule has 0 heterocycles. The molecule has 0 aromatic heterocycles. The minimum absolute atomic E-state index is 0.214. The van der Waals surface area contributed by atoms with Gasteiger partial charge >= 0.3 is 0 Å². The van der Waals surface area contributed by atoms with Crippen LogP contribution in [0.3, 0.4) is 0 Å². The molecule has 0 aliphatic heterocycles. The lowest BCUT2D eigenvalue weighted by Crippen LogP contribution is -1.98. The first-order valence-corrected chi connectivity index (χ1v) is 5.55. The molecule has 1 aromatic rings. The van der Waals surface area contributed by atoms with Crippen molar-refractivity contribution in [2.24, 2.45) is 5.73 Å². The highest BCUT2D eigenvalue weighted by Crippen LogP contribution is 1.98. The summed E-state index contributed by atoms with van der Waals surface area (Å²) in [5.74, 6) is 0.214. The summed E-state index contributed by atoms with van der Waals surface area (Å²) in [5, 5.41) is 8.14. The lowest BCUT2D eigenvalue weighted by atomic mass is 10.1. The molecule has 0 amide bonds. The van der Waals surface area contributed by atoms with E-state index >= 15 is 0 Å². The molecule has 3 N–H and O–H groups in total. The number of nitrogens with two attached hydrogens (primary N) is 1. The van der Waals surface area contributed by atoms with E-state index in [0.717, 1.165) is 18.4 Å². The smallest absolute Gasteiger partial charge is 0.134 e. The van der Waals surface area contributed by atoms with Crippen LogP contribution in [0.5, 0.6) is 0 Å². The van der Waals surface area contributed by atoms with Gasteiger partial charge in [0, 0.05) is 13.0 Å². The maximum Gasteiger partial charge on any atom is 0.134 e. The Hall–Kier alpha value is -1.19. The van der Waals surface area contributed by atoms with Crippen LogP contribution in [0.2, 0.25) is 0 Å². The second kappa shape index (κ2) is 10.3. The number of carbonyl (C=O) groups excluding carboxylic acids is 1. The van der Waals surface area contributed by atoms with Crippen LogP contribution >= 0.6 is 0 Å². The third-order valence-corrected chi connectivity index (χ3v) is 1.91. The Bertz CT molecular complexity index is 269. The number of Topliss-reactive ketones (excluding diaryl/α,β-unsaturated/α-hetero) is 1. The first-order valence-electron chi connectivity index (χ1n) is 5.55. The van der Waals surface area contributed by atoms with Gasteiger partial charge in [-0.05, 0) is 31.9 Å². The zero-order chi connectivity index (χ0) is 12.2. The van der Waals surface area contributed by atoms with Crippen LogP contribution in [-0.2, 0) is 11.2 Å². The van der Waals surface area contributed by atoms with Crippen molar-refractivity contribution < 1.29 is 9.90 Å². The lowest BCUT2D eigenvalue weighted by Gasteiger charge is -1.93. The van der Waals surface area contributed by atoms with E-state index in [0.29, 0.717) is 13.0 Å². The van der Waals surface area contributed by atoms with Crippen LogP contribution in [0.1, 0.15) is 25.3 Å². The van der Waals surface area contributed by atoms with Crippen molar-refractivity contribution >= 4 is 5.78 Å². The molecule has 0 aliphatic carbocycles. The van der Waals surface area contributed by atoms with Gasteiger partial charge in [-0.3, -0.25) is 4.79 Å². The van der Waals surface area contributed by atoms with Gasteiger partial charge in [-0.25, -0.2) is 0 Å². The number of aliphatic hydroxyl groups is 1. The Labute approximate surface area is 97.3 Å². The van der Waals surface area contributed by atoms with E-state index in [-0.39, 0.29) is 12.4 Å². The van der Waals surface area contributed by atoms with E-state index in [1.165, 1.54) is 0 Å². The van der Waals surface area contributed by atoms with Gasteiger partial charge < -0.3 is 10.8 Å². The predicted octanol–water partition coefficient (Wildman–Crippen LogP) is 1.54. The molecule has 90 valence electrons. The van der Waals surface area contributed by atoms with Gasteiger partial charge in [0.05, 0.1) is 0 Å². The summed E-state index contributed by atoms with van der Waals surface area (Å²) < 4.78 is 0. The summed E-state index contributed by atoms with van der Waals surface area (Å²) in [6, 6.07) is 9.75. The van der Waals surface area contributed by atoms with E-state index in [1.54, 1.807) is 6.92 Å². The largest absolute Gasteiger partial charge is 0.396 e. The van der Waals surface area contributed by atoms with Gasteiger partial charge in [0.15, 0.2) is 0 Å². The van der Waals surface area contributed by atoms with E-state index < -0.39 is 0 Å². The van der Waals surface area contributed by atoms with Gasteiger partial charge in [-0.1, -0.05) is 30.3 Å². The van der Waals surface area contributed by atoms with Gasteiger partial charge in [0.1, 0.15) is 5.78 Å². The van der Waals surface area contributed by atoms with Crippen molar-refractivity contribution in [2.75, 3.05) is 13.2 Å². The number of unbranched alkanes of at least 4 members (excludes halogenated alkanes) is 1. The zero-order valence-electron chi connectivity index (χ0n) is 9.86. The number of ketones is 1. The molecule has 1 rings (SSSR count). The molecule has 1 aromatic carbocycles. The molecule has 0 unspecified atom stereocenters. The number of hydrogen-bond donors (Lipinski definition) is 2. The SMILES string of the molecule is CC(=O)Cc1ccccc1.NCCCCO. The van der Waals surface area contributed by atoms with E-state index in [2.05, 4.69) is 0 Å². The highest BCUT2D eigenvalue weighted by atomic mass is 16.2. The molecular weight excluding hydrogens is 202 g/mol. The van der Waals surface area contributed by atoms with Crippen LogP contribution in [0.4, 0.5) is 0 Å². The minimum atomic E-state index is 0.214. The summed E-state index contributed by atoms with van der Waals surface area (Å²) in [6.07, 6.45) is 2.34. The summed E-state index contributed by atoms with van der Waals surface area (Å²) in [6.45, 7) is 2.57. The van der Waals surface area contributed by atoms with Gasteiger partial charge in [0.25, 0.3) is 0 Å². The maximum absolute atomic E-state index is 10.6. The molecule has 0 saturated carbocycles. The predicted molar refractivity (Wildman–Crippen MR) is 66.2 cm³/mol. The molecule has 0 atom stereocenters. The van der Waals surface area contributed by atoms with Crippen LogP contribution in [-0.4, -0.2) is 24.0 Å². The molecule has 3 heteroatoms. The first-order chi connectivity index (χ1) is 7.70. The van der Waals surface area contributed by atoms with Gasteiger partial charge in [-0.15, -0.1) is 0 Å². The number of rotatable bonds is 5. The van der Waals surface area contributed by atoms with Crippen LogP contribution in [0, 0.1) is 0 Å². The van der Waals surface area contributed by atoms with Crippen LogP contribution < -0.4 is 5.73 Å². The Morgan fingerprint density at radius 2 is 1.88 bits per heavy atom. The summed E-state index contributed by atoms with van der Waals surface area (Å²) in [4.78, 5) is 10.6. The standard InChI is InChI=1S/C9H10O.C4H11NO/c1-8(10)7-9-5-3-2-4-6-9;5-3-1-2-4-6/h2-6H,7H2,1H3;6H,1-5H2. The molecule has 0 radical (unpaired) electrons. The Kier molecular flexibility index (Phi) is 9.56. The molecule has 16 heavy (non-hydrogen) atoms. The molecule has 0 aliphatic rings. The minimum Gasteiger partial charge on any atom is -0.396 e. The quantitative estimate of drug-likeness (QED) is 0.744. The number of aliphatic hydroxyl groups excluding tert-OH is 1. The van der Waals surface area contributed by atoms with E-state index in [9.17, 15) is 4.79 Å². The fourth-order valence-corrected chi connectivity index (χ4v) is 1.14. The van der Waals surface area contributed by atoms with Crippen molar-refractivity contribution in [1.82, 2.24) is 0 Å². The summed E-state index contributed by atoms with van der Waals surface area (Å²) in [7, 11) is 0. The second-order valence-electron chi connectivity index (χ2n) is 3.58. The second-order valence-corrected chi connectivity index (χ2v) is 3.58. The van der Waals surface area contributed by atoms with Crippen molar-refractivity contribution in [3.8, 4) is 0 Å². The average Bonchev–Trinajstić information content (AvgIpc) is 2.28. The highest BCUT2D eigenvalue weighted by Gasteiger charge is 1.93.